The SMILES string of the molecule is Cc1ccc2cccc(Nc3ncnc(-n4nnc5ccccc54)c3[N+](=O)[O-])c2n1. The Hall–Kier alpha value is -4.47. The molecule has 0 spiro atoms. The highest BCUT2D eigenvalue weighted by atomic mass is 16.6. The first-order valence-corrected chi connectivity index (χ1v) is 9.05. The van der Waals surface area contributed by atoms with Gasteiger partial charge in [-0.15, -0.1) is 5.10 Å². The fourth-order valence-corrected chi connectivity index (χ4v) is 3.28. The number of hydrogen-bond donors (Lipinski definition) is 1. The standard InChI is InChI=1S/C20H14N8O2/c1-12-9-10-13-5-4-7-15(17(13)23-12)24-19-18(28(29)30)20(22-11-21-19)27-16-8-3-2-6-14(16)25-26-27/h2-11H,1H3,(H,21,22,24). The van der Waals surface area contributed by atoms with Crippen LogP contribution >= 0.6 is 0 Å². The van der Waals surface area contributed by atoms with E-state index in [1.54, 1.807) is 24.3 Å². The van der Waals surface area contributed by atoms with Gasteiger partial charge in [0.2, 0.25) is 11.6 Å². The average Bonchev–Trinajstić information content (AvgIpc) is 3.18. The van der Waals surface area contributed by atoms with Crippen molar-refractivity contribution in [3.63, 3.8) is 0 Å². The van der Waals surface area contributed by atoms with E-state index in [1.807, 2.05) is 37.3 Å². The Morgan fingerprint density at radius 1 is 1.03 bits per heavy atom. The van der Waals surface area contributed by atoms with Gasteiger partial charge in [0, 0.05) is 11.1 Å². The van der Waals surface area contributed by atoms with Gasteiger partial charge in [-0.25, -0.2) is 9.97 Å². The van der Waals surface area contributed by atoms with E-state index < -0.39 is 4.92 Å². The number of rotatable bonds is 4. The molecule has 0 unspecified atom stereocenters. The van der Waals surface area contributed by atoms with Gasteiger partial charge in [-0.1, -0.05) is 35.5 Å². The molecule has 1 N–H and O–H groups in total. The lowest BCUT2D eigenvalue weighted by Crippen LogP contribution is -2.09. The first-order chi connectivity index (χ1) is 14.6. The van der Waals surface area contributed by atoms with Crippen LogP contribution in [-0.4, -0.2) is 34.9 Å². The quantitative estimate of drug-likeness (QED) is 0.359. The number of aromatic nitrogens is 6. The lowest BCUT2D eigenvalue weighted by molar-refractivity contribution is -0.384. The van der Waals surface area contributed by atoms with E-state index in [-0.39, 0.29) is 17.3 Å². The largest absolute Gasteiger partial charge is 0.356 e. The van der Waals surface area contributed by atoms with Gasteiger partial charge in [-0.3, -0.25) is 15.1 Å². The van der Waals surface area contributed by atoms with Crippen molar-refractivity contribution in [3.8, 4) is 5.82 Å². The van der Waals surface area contributed by atoms with Crippen molar-refractivity contribution < 1.29 is 4.92 Å². The van der Waals surface area contributed by atoms with Crippen molar-refractivity contribution in [2.45, 2.75) is 6.92 Å². The highest BCUT2D eigenvalue weighted by molar-refractivity contribution is 5.93. The summed E-state index contributed by atoms with van der Waals surface area (Å²) < 4.78 is 1.34. The van der Waals surface area contributed by atoms with Crippen LogP contribution in [0.1, 0.15) is 5.69 Å². The Morgan fingerprint density at radius 3 is 2.77 bits per heavy atom. The smallest absolute Gasteiger partial charge is 0.332 e. The van der Waals surface area contributed by atoms with Crippen molar-refractivity contribution in [1.29, 1.82) is 0 Å². The van der Waals surface area contributed by atoms with Gasteiger partial charge in [0.25, 0.3) is 0 Å². The second-order valence-electron chi connectivity index (χ2n) is 6.60. The van der Waals surface area contributed by atoms with E-state index in [4.69, 9.17) is 0 Å². The predicted molar refractivity (Wildman–Crippen MR) is 111 cm³/mol. The number of fused-ring (bicyclic) bond motifs is 2. The Bertz CT molecular complexity index is 1430. The van der Waals surface area contributed by atoms with Crippen LogP contribution in [-0.2, 0) is 0 Å². The maximum Gasteiger partial charge on any atom is 0.356 e. The molecule has 0 amide bonds. The van der Waals surface area contributed by atoms with Gasteiger partial charge in [0.15, 0.2) is 0 Å². The molecule has 0 aliphatic rings. The highest BCUT2D eigenvalue weighted by Gasteiger charge is 2.26. The van der Waals surface area contributed by atoms with Crippen LogP contribution in [0.5, 0.6) is 0 Å². The van der Waals surface area contributed by atoms with Crippen molar-refractivity contribution >= 4 is 39.1 Å². The minimum Gasteiger partial charge on any atom is -0.332 e. The number of nitrogens with one attached hydrogen (secondary N) is 1. The summed E-state index contributed by atoms with van der Waals surface area (Å²) in [6.07, 6.45) is 1.25. The minimum atomic E-state index is -0.530. The molecular weight excluding hydrogens is 384 g/mol. The lowest BCUT2D eigenvalue weighted by Gasteiger charge is -2.11. The number of aryl methyl sites for hydroxylation is 1. The number of para-hydroxylation sites is 2. The second-order valence-corrected chi connectivity index (χ2v) is 6.60. The molecule has 0 fully saturated rings. The molecule has 30 heavy (non-hydrogen) atoms. The lowest BCUT2D eigenvalue weighted by atomic mass is 10.1. The number of hydrogen-bond acceptors (Lipinski definition) is 8. The van der Waals surface area contributed by atoms with Crippen LogP contribution in [0.25, 0.3) is 27.8 Å². The topological polar surface area (TPSA) is 125 Å². The van der Waals surface area contributed by atoms with Crippen molar-refractivity contribution in [2.75, 3.05) is 5.32 Å². The van der Waals surface area contributed by atoms with Crippen LogP contribution in [0.4, 0.5) is 17.2 Å². The number of nitro groups is 1. The Morgan fingerprint density at radius 2 is 1.90 bits per heavy atom. The Labute approximate surface area is 169 Å². The van der Waals surface area contributed by atoms with Gasteiger partial charge in [0.05, 0.1) is 21.6 Å². The summed E-state index contributed by atoms with van der Waals surface area (Å²) in [6, 6.07) is 16.6. The van der Waals surface area contributed by atoms with E-state index in [0.29, 0.717) is 22.2 Å². The van der Waals surface area contributed by atoms with E-state index in [9.17, 15) is 10.1 Å². The molecule has 5 aromatic rings. The third-order valence-corrected chi connectivity index (χ3v) is 4.65. The minimum absolute atomic E-state index is 0.0237. The highest BCUT2D eigenvalue weighted by Crippen LogP contribution is 2.33. The summed E-state index contributed by atoms with van der Waals surface area (Å²) in [7, 11) is 0. The van der Waals surface area contributed by atoms with Crippen LogP contribution in [0.3, 0.4) is 0 Å². The molecule has 0 aliphatic carbocycles. The molecule has 3 aromatic heterocycles. The van der Waals surface area contributed by atoms with Crippen molar-refractivity contribution in [2.24, 2.45) is 0 Å². The third kappa shape index (κ3) is 2.87. The van der Waals surface area contributed by atoms with Gasteiger partial charge >= 0.3 is 5.69 Å². The summed E-state index contributed by atoms with van der Waals surface area (Å²) in [5, 5.41) is 24.1. The van der Waals surface area contributed by atoms with Crippen LogP contribution in [0, 0.1) is 17.0 Å². The van der Waals surface area contributed by atoms with E-state index >= 15 is 0 Å². The summed E-state index contributed by atoms with van der Waals surface area (Å²) in [5.41, 5.74) is 3.04. The molecule has 2 aromatic carbocycles. The molecule has 0 aliphatic heterocycles. The van der Waals surface area contributed by atoms with E-state index in [1.165, 1.54) is 11.0 Å². The molecule has 0 saturated carbocycles. The zero-order chi connectivity index (χ0) is 20.7. The molecule has 3 heterocycles. The number of benzene rings is 2. The maximum atomic E-state index is 12.0. The molecule has 10 heteroatoms. The zero-order valence-electron chi connectivity index (χ0n) is 15.7. The number of nitrogens with zero attached hydrogens (tertiary/aromatic N) is 7. The fraction of sp³-hybridized carbons (Fsp3) is 0.0500. The van der Waals surface area contributed by atoms with E-state index in [0.717, 1.165) is 11.1 Å². The summed E-state index contributed by atoms with van der Waals surface area (Å²) >= 11 is 0. The fourth-order valence-electron chi connectivity index (χ4n) is 3.28. The van der Waals surface area contributed by atoms with Crippen molar-refractivity contribution in [1.82, 2.24) is 29.9 Å². The Balaban J connectivity index is 1.68. The number of anilines is 2. The molecule has 0 radical (unpaired) electrons. The summed E-state index contributed by atoms with van der Waals surface area (Å²) in [4.78, 5) is 24.3. The van der Waals surface area contributed by atoms with Crippen LogP contribution in [0.15, 0.2) is 60.9 Å². The molecular formula is C20H14N8O2. The molecule has 0 atom stereocenters. The Kier molecular flexibility index (Phi) is 4.02. The zero-order valence-corrected chi connectivity index (χ0v) is 15.7. The van der Waals surface area contributed by atoms with Gasteiger partial charge in [-0.05, 0) is 31.2 Å². The van der Waals surface area contributed by atoms with Crippen molar-refractivity contribution in [3.05, 3.63) is 76.7 Å². The molecule has 10 nitrogen and oxygen atoms in total. The molecule has 0 bridgehead atoms. The van der Waals surface area contributed by atoms with E-state index in [2.05, 4.69) is 30.6 Å². The first kappa shape index (κ1) is 17.6. The third-order valence-electron chi connectivity index (χ3n) is 4.65. The molecule has 5 rings (SSSR count). The maximum absolute atomic E-state index is 12.0. The summed E-state index contributed by atoms with van der Waals surface area (Å²) in [6.45, 7) is 1.89. The molecule has 0 saturated heterocycles. The van der Waals surface area contributed by atoms with Gasteiger partial charge in [0.1, 0.15) is 11.8 Å². The first-order valence-electron chi connectivity index (χ1n) is 9.05. The predicted octanol–water partition coefficient (Wildman–Crippen LogP) is 3.72. The van der Waals surface area contributed by atoms with Gasteiger partial charge < -0.3 is 5.32 Å². The summed E-state index contributed by atoms with van der Waals surface area (Å²) in [5.74, 6) is 0.0657. The van der Waals surface area contributed by atoms with Crippen LogP contribution < -0.4 is 5.32 Å². The monoisotopic (exact) mass is 398 g/mol. The number of pyridine rings is 1. The normalized spacial score (nSPS) is 11.1. The average molecular weight is 398 g/mol. The second kappa shape index (κ2) is 6.85. The molecule has 146 valence electrons. The van der Waals surface area contributed by atoms with Crippen LogP contribution in [0.2, 0.25) is 0 Å². The van der Waals surface area contributed by atoms with Gasteiger partial charge in [-0.2, -0.15) is 4.68 Å².